The van der Waals surface area contributed by atoms with Gasteiger partial charge < -0.3 is 9.80 Å². The van der Waals surface area contributed by atoms with Crippen molar-refractivity contribution >= 4 is 17.5 Å². The van der Waals surface area contributed by atoms with Gasteiger partial charge in [0.1, 0.15) is 5.82 Å². The quantitative estimate of drug-likeness (QED) is 0.790. The molecule has 1 saturated heterocycles. The van der Waals surface area contributed by atoms with Crippen LogP contribution in [0.25, 0.3) is 0 Å². The summed E-state index contributed by atoms with van der Waals surface area (Å²) < 4.78 is 12.9. The zero-order valence-electron chi connectivity index (χ0n) is 11.2. The monoisotopic (exact) mass is 276 g/mol. The standard InChI is InChI=1S/C15H17FN2O2/c16-12-4-6-13(7-5-12)18-9-8-17(14(19)15(18)20)10-11-2-1-3-11/h4-7,11H,1-3,8-10H2. The summed E-state index contributed by atoms with van der Waals surface area (Å²) in [7, 11) is 0. The molecular weight excluding hydrogens is 259 g/mol. The summed E-state index contributed by atoms with van der Waals surface area (Å²) in [4.78, 5) is 27.4. The summed E-state index contributed by atoms with van der Waals surface area (Å²) in [5.74, 6) is -0.741. The first-order valence-electron chi connectivity index (χ1n) is 7.01. The number of hydrogen-bond acceptors (Lipinski definition) is 2. The molecule has 1 aromatic carbocycles. The lowest BCUT2D eigenvalue weighted by Crippen LogP contribution is -2.55. The van der Waals surface area contributed by atoms with Crippen LogP contribution in [0.15, 0.2) is 24.3 Å². The zero-order chi connectivity index (χ0) is 14.1. The number of carbonyl (C=O) groups excluding carboxylic acids is 2. The highest BCUT2D eigenvalue weighted by Crippen LogP contribution is 2.28. The summed E-state index contributed by atoms with van der Waals surface area (Å²) >= 11 is 0. The van der Waals surface area contributed by atoms with Crippen LogP contribution in [0.1, 0.15) is 19.3 Å². The van der Waals surface area contributed by atoms with Gasteiger partial charge in [-0.3, -0.25) is 9.59 Å². The van der Waals surface area contributed by atoms with Crippen molar-refractivity contribution in [1.82, 2.24) is 4.90 Å². The molecule has 5 heteroatoms. The highest BCUT2D eigenvalue weighted by atomic mass is 19.1. The summed E-state index contributed by atoms with van der Waals surface area (Å²) in [6.07, 6.45) is 3.53. The van der Waals surface area contributed by atoms with Crippen molar-refractivity contribution in [2.24, 2.45) is 5.92 Å². The predicted molar refractivity (Wildman–Crippen MR) is 72.7 cm³/mol. The molecule has 2 amide bonds. The molecule has 106 valence electrons. The Bertz CT molecular complexity index is 525. The first kappa shape index (κ1) is 13.1. The van der Waals surface area contributed by atoms with Gasteiger partial charge in [0.2, 0.25) is 0 Å². The number of carbonyl (C=O) groups is 2. The van der Waals surface area contributed by atoms with Crippen LogP contribution < -0.4 is 4.90 Å². The number of nitrogens with zero attached hydrogens (tertiary/aromatic N) is 2. The molecule has 1 heterocycles. The van der Waals surface area contributed by atoms with Gasteiger partial charge >= 0.3 is 11.8 Å². The summed E-state index contributed by atoms with van der Waals surface area (Å²) in [6.45, 7) is 1.73. The summed E-state index contributed by atoms with van der Waals surface area (Å²) in [5, 5.41) is 0. The van der Waals surface area contributed by atoms with Gasteiger partial charge in [-0.2, -0.15) is 0 Å². The maximum Gasteiger partial charge on any atom is 0.316 e. The highest BCUT2D eigenvalue weighted by molar-refractivity contribution is 6.40. The van der Waals surface area contributed by atoms with E-state index < -0.39 is 11.8 Å². The Morgan fingerprint density at radius 1 is 1.05 bits per heavy atom. The van der Waals surface area contributed by atoms with E-state index in [2.05, 4.69) is 0 Å². The van der Waals surface area contributed by atoms with Crippen LogP contribution in [0, 0.1) is 11.7 Å². The molecular formula is C15H17FN2O2. The van der Waals surface area contributed by atoms with Crippen molar-refractivity contribution in [1.29, 1.82) is 0 Å². The Labute approximate surface area is 117 Å². The van der Waals surface area contributed by atoms with Crippen molar-refractivity contribution in [2.75, 3.05) is 24.5 Å². The van der Waals surface area contributed by atoms with Crippen molar-refractivity contribution < 1.29 is 14.0 Å². The second-order valence-electron chi connectivity index (χ2n) is 5.48. The maximum atomic E-state index is 12.9. The first-order chi connectivity index (χ1) is 9.65. The molecule has 0 aromatic heterocycles. The van der Waals surface area contributed by atoms with E-state index in [0.29, 0.717) is 31.2 Å². The van der Waals surface area contributed by atoms with E-state index in [4.69, 9.17) is 0 Å². The first-order valence-corrected chi connectivity index (χ1v) is 7.01. The van der Waals surface area contributed by atoms with E-state index in [0.717, 1.165) is 12.8 Å². The third kappa shape index (κ3) is 2.40. The van der Waals surface area contributed by atoms with Gasteiger partial charge in [-0.25, -0.2) is 4.39 Å². The third-order valence-electron chi connectivity index (χ3n) is 4.15. The lowest BCUT2D eigenvalue weighted by atomic mass is 9.85. The molecule has 0 radical (unpaired) electrons. The van der Waals surface area contributed by atoms with Gasteiger partial charge in [-0.1, -0.05) is 6.42 Å². The van der Waals surface area contributed by atoms with Crippen LogP contribution in [0.4, 0.5) is 10.1 Å². The van der Waals surface area contributed by atoms with E-state index in [1.807, 2.05) is 0 Å². The molecule has 0 bridgehead atoms. The fourth-order valence-corrected chi connectivity index (χ4v) is 2.70. The molecule has 1 aliphatic heterocycles. The molecule has 1 aromatic rings. The number of halogens is 1. The van der Waals surface area contributed by atoms with Crippen LogP contribution in [0.2, 0.25) is 0 Å². The second kappa shape index (κ2) is 5.23. The van der Waals surface area contributed by atoms with Crippen LogP contribution >= 0.6 is 0 Å². The minimum absolute atomic E-state index is 0.351. The van der Waals surface area contributed by atoms with Gasteiger partial charge in [-0.05, 0) is 43.0 Å². The molecule has 2 fully saturated rings. The third-order valence-corrected chi connectivity index (χ3v) is 4.15. The van der Waals surface area contributed by atoms with Crippen LogP contribution in [-0.4, -0.2) is 36.3 Å². The van der Waals surface area contributed by atoms with E-state index >= 15 is 0 Å². The molecule has 3 rings (SSSR count). The van der Waals surface area contributed by atoms with E-state index in [1.165, 1.54) is 35.6 Å². The number of piperazine rings is 1. The fourth-order valence-electron chi connectivity index (χ4n) is 2.70. The molecule has 2 aliphatic rings. The Balaban J connectivity index is 1.69. The fraction of sp³-hybridized carbons (Fsp3) is 0.467. The lowest BCUT2D eigenvalue weighted by Gasteiger charge is -2.37. The number of amides is 2. The normalized spacial score (nSPS) is 20.2. The highest BCUT2D eigenvalue weighted by Gasteiger charge is 2.35. The topological polar surface area (TPSA) is 40.6 Å². The smallest absolute Gasteiger partial charge is 0.316 e. The van der Waals surface area contributed by atoms with Gasteiger partial charge in [0, 0.05) is 25.3 Å². The maximum absolute atomic E-state index is 12.9. The molecule has 0 N–H and O–H groups in total. The van der Waals surface area contributed by atoms with Gasteiger partial charge in [-0.15, -0.1) is 0 Å². The van der Waals surface area contributed by atoms with Crippen LogP contribution in [-0.2, 0) is 9.59 Å². The SMILES string of the molecule is O=C1C(=O)N(c2ccc(F)cc2)CCN1CC1CCC1. The summed E-state index contributed by atoms with van der Waals surface area (Å²) in [6, 6.07) is 5.66. The minimum Gasteiger partial charge on any atom is -0.332 e. The average molecular weight is 276 g/mol. The largest absolute Gasteiger partial charge is 0.332 e. The van der Waals surface area contributed by atoms with Crippen molar-refractivity contribution in [2.45, 2.75) is 19.3 Å². The Morgan fingerprint density at radius 3 is 2.35 bits per heavy atom. The van der Waals surface area contributed by atoms with Crippen LogP contribution in [0.5, 0.6) is 0 Å². The Hall–Kier alpha value is -1.91. The zero-order valence-corrected chi connectivity index (χ0v) is 11.2. The molecule has 0 atom stereocenters. The van der Waals surface area contributed by atoms with Crippen molar-refractivity contribution in [3.05, 3.63) is 30.1 Å². The molecule has 0 spiro atoms. The molecule has 0 unspecified atom stereocenters. The van der Waals surface area contributed by atoms with E-state index in [-0.39, 0.29) is 5.82 Å². The average Bonchev–Trinajstić information content (AvgIpc) is 2.40. The van der Waals surface area contributed by atoms with Crippen LogP contribution in [0.3, 0.4) is 0 Å². The van der Waals surface area contributed by atoms with Crippen molar-refractivity contribution in [3.63, 3.8) is 0 Å². The van der Waals surface area contributed by atoms with E-state index in [9.17, 15) is 14.0 Å². The van der Waals surface area contributed by atoms with Crippen molar-refractivity contribution in [3.8, 4) is 0 Å². The summed E-state index contributed by atoms with van der Waals surface area (Å²) in [5.41, 5.74) is 0.577. The van der Waals surface area contributed by atoms with Gasteiger partial charge in [0.25, 0.3) is 0 Å². The molecule has 20 heavy (non-hydrogen) atoms. The molecule has 1 aliphatic carbocycles. The Kier molecular flexibility index (Phi) is 3.42. The Morgan fingerprint density at radius 2 is 1.75 bits per heavy atom. The van der Waals surface area contributed by atoms with E-state index in [1.54, 1.807) is 4.90 Å². The molecule has 1 saturated carbocycles. The second-order valence-corrected chi connectivity index (χ2v) is 5.48. The minimum atomic E-state index is -0.512. The number of anilines is 1. The predicted octanol–water partition coefficient (Wildman–Crippen LogP) is 1.80. The molecule has 4 nitrogen and oxygen atoms in total. The lowest BCUT2D eigenvalue weighted by molar-refractivity contribution is -0.147. The van der Waals surface area contributed by atoms with Gasteiger partial charge in [0.05, 0.1) is 0 Å². The number of benzene rings is 1. The van der Waals surface area contributed by atoms with Gasteiger partial charge in [0.15, 0.2) is 0 Å². The number of hydrogen-bond donors (Lipinski definition) is 0. The number of rotatable bonds is 3.